The van der Waals surface area contributed by atoms with Gasteiger partial charge in [-0.1, -0.05) is 41.9 Å². The summed E-state index contributed by atoms with van der Waals surface area (Å²) in [7, 11) is 1.66. The third-order valence-corrected chi connectivity index (χ3v) is 3.95. The first-order valence-electron chi connectivity index (χ1n) is 7.10. The first kappa shape index (κ1) is 14.7. The second-order valence-electron chi connectivity index (χ2n) is 5.11. The normalized spacial score (nSPS) is 10.7. The monoisotopic (exact) mass is 312 g/mol. The van der Waals surface area contributed by atoms with Crippen molar-refractivity contribution in [2.75, 3.05) is 12.4 Å². The quantitative estimate of drug-likeness (QED) is 0.750. The Labute approximate surface area is 134 Å². The number of hydrogen-bond acceptors (Lipinski definition) is 3. The molecule has 0 radical (unpaired) electrons. The lowest BCUT2D eigenvalue weighted by molar-refractivity contribution is 0.419. The molecule has 0 aliphatic rings. The van der Waals surface area contributed by atoms with Crippen molar-refractivity contribution in [1.82, 2.24) is 4.98 Å². The Bertz CT molecular complexity index is 817. The van der Waals surface area contributed by atoms with Crippen molar-refractivity contribution in [3.63, 3.8) is 0 Å². The number of aryl methyl sites for hydroxylation is 1. The van der Waals surface area contributed by atoms with Gasteiger partial charge in [-0.15, -0.1) is 0 Å². The van der Waals surface area contributed by atoms with Crippen LogP contribution in [0.5, 0.6) is 5.75 Å². The van der Waals surface area contributed by atoms with Crippen molar-refractivity contribution in [1.29, 1.82) is 0 Å². The summed E-state index contributed by atoms with van der Waals surface area (Å²) in [5, 5.41) is 5.26. The zero-order valence-corrected chi connectivity index (χ0v) is 13.3. The van der Waals surface area contributed by atoms with E-state index in [-0.39, 0.29) is 0 Å². The molecule has 0 fully saturated rings. The van der Waals surface area contributed by atoms with E-state index in [4.69, 9.17) is 16.3 Å². The molecule has 112 valence electrons. The number of methoxy groups -OCH3 is 1. The second-order valence-corrected chi connectivity index (χ2v) is 5.52. The number of nitrogens with zero attached hydrogens (tertiary/aromatic N) is 1. The first-order chi connectivity index (χ1) is 10.7. The number of rotatable bonds is 4. The largest absolute Gasteiger partial charge is 0.494 e. The number of ether oxygens (including phenoxy) is 1. The van der Waals surface area contributed by atoms with Crippen molar-refractivity contribution in [3.05, 3.63) is 64.8 Å². The van der Waals surface area contributed by atoms with Crippen LogP contribution in [-0.4, -0.2) is 12.1 Å². The fourth-order valence-electron chi connectivity index (χ4n) is 2.49. The lowest BCUT2D eigenvalue weighted by Crippen LogP contribution is -2.02. The molecule has 3 rings (SSSR count). The number of para-hydroxylation sites is 1. The molecule has 4 heteroatoms. The zero-order valence-electron chi connectivity index (χ0n) is 12.6. The maximum Gasteiger partial charge on any atom is 0.145 e. The summed E-state index contributed by atoms with van der Waals surface area (Å²) in [5.74, 6) is 0.780. The predicted molar refractivity (Wildman–Crippen MR) is 91.8 cm³/mol. The van der Waals surface area contributed by atoms with Crippen molar-refractivity contribution < 1.29 is 4.74 Å². The molecule has 0 saturated heterocycles. The molecule has 0 spiro atoms. The second kappa shape index (κ2) is 6.24. The molecule has 1 aromatic heterocycles. The number of pyridine rings is 1. The highest BCUT2D eigenvalue weighted by Crippen LogP contribution is 2.30. The summed E-state index contributed by atoms with van der Waals surface area (Å²) in [6.07, 6.45) is 0. The van der Waals surface area contributed by atoms with Gasteiger partial charge >= 0.3 is 0 Å². The van der Waals surface area contributed by atoms with Crippen LogP contribution in [0.2, 0.25) is 5.02 Å². The van der Waals surface area contributed by atoms with Gasteiger partial charge in [0.1, 0.15) is 11.3 Å². The van der Waals surface area contributed by atoms with E-state index < -0.39 is 0 Å². The summed E-state index contributed by atoms with van der Waals surface area (Å²) >= 11 is 6.22. The van der Waals surface area contributed by atoms with E-state index in [1.807, 2.05) is 55.5 Å². The Balaban J connectivity index is 1.98. The molecule has 0 bridgehead atoms. The van der Waals surface area contributed by atoms with Crippen molar-refractivity contribution in [3.8, 4) is 5.75 Å². The Morgan fingerprint density at radius 2 is 1.95 bits per heavy atom. The molecule has 0 aliphatic heterocycles. The minimum absolute atomic E-state index is 0.662. The van der Waals surface area contributed by atoms with E-state index in [1.165, 1.54) is 0 Å². The topological polar surface area (TPSA) is 34.1 Å². The standard InChI is InChI=1S/C18H17ClN2O/c1-12-10-16(20-11-13-6-3-4-8-15(13)19)14-7-5-9-17(22-2)18(14)21-12/h3-10H,11H2,1-2H3,(H,20,21). The van der Waals surface area contributed by atoms with Gasteiger partial charge in [-0.25, -0.2) is 4.98 Å². The van der Waals surface area contributed by atoms with Gasteiger partial charge in [0.25, 0.3) is 0 Å². The summed E-state index contributed by atoms with van der Waals surface area (Å²) in [4.78, 5) is 4.59. The number of hydrogen-bond donors (Lipinski definition) is 1. The van der Waals surface area contributed by atoms with Gasteiger partial charge in [0.2, 0.25) is 0 Å². The van der Waals surface area contributed by atoms with Gasteiger partial charge in [-0.2, -0.15) is 0 Å². The van der Waals surface area contributed by atoms with E-state index in [0.29, 0.717) is 6.54 Å². The predicted octanol–water partition coefficient (Wildman–Crippen LogP) is 4.82. The maximum absolute atomic E-state index is 6.22. The number of benzene rings is 2. The minimum Gasteiger partial charge on any atom is -0.494 e. The minimum atomic E-state index is 0.662. The summed E-state index contributed by atoms with van der Waals surface area (Å²) in [6.45, 7) is 2.64. The zero-order chi connectivity index (χ0) is 15.5. The van der Waals surface area contributed by atoms with Crippen LogP contribution in [0.25, 0.3) is 10.9 Å². The van der Waals surface area contributed by atoms with Crippen molar-refractivity contribution in [2.45, 2.75) is 13.5 Å². The molecule has 0 unspecified atom stereocenters. The van der Waals surface area contributed by atoms with E-state index in [2.05, 4.69) is 10.3 Å². The van der Waals surface area contributed by atoms with E-state index in [0.717, 1.165) is 38.6 Å². The van der Waals surface area contributed by atoms with Crippen LogP contribution in [0.4, 0.5) is 5.69 Å². The van der Waals surface area contributed by atoms with Crippen LogP contribution >= 0.6 is 11.6 Å². The number of fused-ring (bicyclic) bond motifs is 1. The van der Waals surface area contributed by atoms with Crippen LogP contribution in [-0.2, 0) is 6.54 Å². The summed E-state index contributed by atoms with van der Waals surface area (Å²) in [5.41, 5.74) is 3.90. The van der Waals surface area contributed by atoms with Crippen LogP contribution < -0.4 is 10.1 Å². The molecular formula is C18H17ClN2O. The average molecular weight is 313 g/mol. The van der Waals surface area contributed by atoms with Crippen LogP contribution in [0, 0.1) is 6.92 Å². The number of nitrogens with one attached hydrogen (secondary N) is 1. The smallest absolute Gasteiger partial charge is 0.145 e. The highest BCUT2D eigenvalue weighted by Gasteiger charge is 2.09. The lowest BCUT2D eigenvalue weighted by atomic mass is 10.1. The van der Waals surface area contributed by atoms with Gasteiger partial charge in [0.15, 0.2) is 0 Å². The fraction of sp³-hybridized carbons (Fsp3) is 0.167. The van der Waals surface area contributed by atoms with Gasteiger partial charge in [-0.05, 0) is 30.7 Å². The van der Waals surface area contributed by atoms with Gasteiger partial charge in [0.05, 0.1) is 7.11 Å². The number of aromatic nitrogens is 1. The molecule has 22 heavy (non-hydrogen) atoms. The molecular weight excluding hydrogens is 296 g/mol. The number of halogens is 1. The fourth-order valence-corrected chi connectivity index (χ4v) is 2.70. The average Bonchev–Trinajstić information content (AvgIpc) is 2.53. The Kier molecular flexibility index (Phi) is 4.16. The molecule has 0 aliphatic carbocycles. The summed E-state index contributed by atoms with van der Waals surface area (Å²) in [6, 6.07) is 15.8. The van der Waals surface area contributed by atoms with Crippen molar-refractivity contribution in [2.24, 2.45) is 0 Å². The van der Waals surface area contributed by atoms with Crippen molar-refractivity contribution >= 4 is 28.2 Å². The highest BCUT2D eigenvalue weighted by molar-refractivity contribution is 6.31. The van der Waals surface area contributed by atoms with Crippen LogP contribution in [0.15, 0.2) is 48.5 Å². The van der Waals surface area contributed by atoms with Crippen LogP contribution in [0.1, 0.15) is 11.3 Å². The lowest BCUT2D eigenvalue weighted by Gasteiger charge is -2.13. The molecule has 2 aromatic carbocycles. The first-order valence-corrected chi connectivity index (χ1v) is 7.48. The Morgan fingerprint density at radius 1 is 1.14 bits per heavy atom. The molecule has 3 nitrogen and oxygen atoms in total. The molecule has 0 amide bonds. The number of anilines is 1. The third kappa shape index (κ3) is 2.85. The molecule has 1 N–H and O–H groups in total. The molecule has 1 heterocycles. The Hall–Kier alpha value is -2.26. The molecule has 0 saturated carbocycles. The van der Waals surface area contributed by atoms with Gasteiger partial charge in [-0.3, -0.25) is 0 Å². The van der Waals surface area contributed by atoms with Crippen LogP contribution in [0.3, 0.4) is 0 Å². The molecule has 0 atom stereocenters. The molecule has 3 aromatic rings. The van der Waals surface area contributed by atoms with Gasteiger partial charge in [0, 0.05) is 28.3 Å². The highest BCUT2D eigenvalue weighted by atomic mass is 35.5. The van der Waals surface area contributed by atoms with Gasteiger partial charge < -0.3 is 10.1 Å². The SMILES string of the molecule is COc1cccc2c(NCc3ccccc3Cl)cc(C)nc12. The van der Waals surface area contributed by atoms with E-state index in [1.54, 1.807) is 7.11 Å². The maximum atomic E-state index is 6.22. The summed E-state index contributed by atoms with van der Waals surface area (Å²) < 4.78 is 5.41. The third-order valence-electron chi connectivity index (χ3n) is 3.58. The Morgan fingerprint density at radius 3 is 2.73 bits per heavy atom. The van der Waals surface area contributed by atoms with E-state index >= 15 is 0 Å². The van der Waals surface area contributed by atoms with E-state index in [9.17, 15) is 0 Å².